The minimum absolute atomic E-state index is 0.0422. The molecule has 2 aliphatic rings. The number of halogens is 1. The lowest BCUT2D eigenvalue weighted by Gasteiger charge is -2.24. The molecule has 0 aromatic heterocycles. The van der Waals surface area contributed by atoms with Gasteiger partial charge in [-0.15, -0.1) is 0 Å². The highest BCUT2D eigenvalue weighted by Gasteiger charge is 2.39. The Morgan fingerprint density at radius 1 is 1.00 bits per heavy atom. The fraction of sp³-hybridized carbons (Fsp3) is 0.269. The summed E-state index contributed by atoms with van der Waals surface area (Å²) in [5, 5.41) is 11.0. The van der Waals surface area contributed by atoms with Gasteiger partial charge in [0.15, 0.2) is 0 Å². The molecule has 158 valence electrons. The molecule has 31 heavy (non-hydrogen) atoms. The number of β-amino-alcohol motifs (C(OH)–C–C–N with tert-alkyl or cyclic N) is 1. The number of fused-ring (bicyclic) bond motifs is 3. The third kappa shape index (κ3) is 4.00. The van der Waals surface area contributed by atoms with E-state index in [1.54, 1.807) is 4.90 Å². The zero-order valence-corrected chi connectivity index (χ0v) is 18.7. The fourth-order valence-corrected chi connectivity index (χ4v) is 5.09. The first-order valence-electron chi connectivity index (χ1n) is 10.6. The van der Waals surface area contributed by atoms with Crippen LogP contribution in [0.5, 0.6) is 0 Å². The van der Waals surface area contributed by atoms with Gasteiger partial charge in [0, 0.05) is 23.4 Å². The normalized spacial score (nSPS) is 19.9. The Kier molecular flexibility index (Phi) is 5.32. The monoisotopic (exact) mass is 477 g/mol. The van der Waals surface area contributed by atoms with Crippen LogP contribution in [0.4, 0.5) is 4.79 Å². The van der Waals surface area contributed by atoms with Crippen molar-refractivity contribution in [3.63, 3.8) is 0 Å². The number of nitrogens with zero attached hydrogens (tertiary/aromatic N) is 1. The standard InChI is InChI=1S/C26H24BrNO3/c27-19-11-9-18(10-12-19)15-26(30)13-14-28(17-26)25(29)31-16-24-22-7-3-1-5-20(22)21-6-2-4-8-23(21)24/h1-12,24,30H,13-17H2. The maximum Gasteiger partial charge on any atom is 0.409 e. The summed E-state index contributed by atoms with van der Waals surface area (Å²) in [7, 11) is 0. The molecule has 0 saturated carbocycles. The molecule has 1 aliphatic heterocycles. The minimum Gasteiger partial charge on any atom is -0.448 e. The summed E-state index contributed by atoms with van der Waals surface area (Å²) in [6.07, 6.45) is 0.717. The van der Waals surface area contributed by atoms with Crippen LogP contribution in [0.1, 0.15) is 29.0 Å². The summed E-state index contributed by atoms with van der Waals surface area (Å²) in [4.78, 5) is 14.4. The van der Waals surface area contributed by atoms with E-state index in [0.29, 0.717) is 32.5 Å². The van der Waals surface area contributed by atoms with Crippen molar-refractivity contribution in [3.8, 4) is 11.1 Å². The van der Waals surface area contributed by atoms with Gasteiger partial charge in [-0.2, -0.15) is 0 Å². The summed E-state index contributed by atoms with van der Waals surface area (Å²) >= 11 is 3.43. The van der Waals surface area contributed by atoms with Gasteiger partial charge >= 0.3 is 6.09 Å². The van der Waals surface area contributed by atoms with Gasteiger partial charge in [-0.05, 0) is 46.4 Å². The quantitative estimate of drug-likeness (QED) is 0.548. The number of benzene rings is 3. The summed E-state index contributed by atoms with van der Waals surface area (Å²) in [6, 6.07) is 24.5. The largest absolute Gasteiger partial charge is 0.448 e. The predicted molar refractivity (Wildman–Crippen MR) is 124 cm³/mol. The molecule has 1 N–H and O–H groups in total. The average molecular weight is 478 g/mol. The second-order valence-electron chi connectivity index (χ2n) is 8.50. The first-order valence-corrected chi connectivity index (χ1v) is 11.4. The molecule has 0 bridgehead atoms. The summed E-state index contributed by atoms with van der Waals surface area (Å²) in [5.74, 6) is 0.0422. The molecule has 3 aromatic rings. The molecule has 1 aliphatic carbocycles. The topological polar surface area (TPSA) is 49.8 Å². The van der Waals surface area contributed by atoms with E-state index in [1.165, 1.54) is 22.3 Å². The van der Waals surface area contributed by atoms with Gasteiger partial charge in [-0.1, -0.05) is 76.6 Å². The Labute approximate surface area is 190 Å². The van der Waals surface area contributed by atoms with Crippen molar-refractivity contribution < 1.29 is 14.6 Å². The van der Waals surface area contributed by atoms with Crippen LogP contribution >= 0.6 is 15.9 Å². The second-order valence-corrected chi connectivity index (χ2v) is 9.42. The average Bonchev–Trinajstić information content (AvgIpc) is 3.32. The number of amides is 1. The van der Waals surface area contributed by atoms with E-state index < -0.39 is 5.60 Å². The minimum atomic E-state index is -0.917. The highest BCUT2D eigenvalue weighted by Crippen LogP contribution is 2.44. The highest BCUT2D eigenvalue weighted by molar-refractivity contribution is 9.10. The van der Waals surface area contributed by atoms with E-state index in [-0.39, 0.29) is 12.0 Å². The van der Waals surface area contributed by atoms with E-state index in [2.05, 4.69) is 40.2 Å². The van der Waals surface area contributed by atoms with Crippen molar-refractivity contribution in [2.45, 2.75) is 24.4 Å². The number of hydrogen-bond donors (Lipinski definition) is 1. The molecule has 0 radical (unpaired) electrons. The van der Waals surface area contributed by atoms with Gasteiger partial charge in [0.25, 0.3) is 0 Å². The Bertz CT molecular complexity index is 1070. The second kappa shape index (κ2) is 8.13. The number of rotatable bonds is 4. The Morgan fingerprint density at radius 2 is 1.61 bits per heavy atom. The van der Waals surface area contributed by atoms with Crippen LogP contribution in [0.25, 0.3) is 11.1 Å². The molecular formula is C26H24BrNO3. The van der Waals surface area contributed by atoms with Gasteiger partial charge in [0.1, 0.15) is 6.61 Å². The highest BCUT2D eigenvalue weighted by atomic mass is 79.9. The molecule has 1 heterocycles. The van der Waals surface area contributed by atoms with Gasteiger partial charge in [0.05, 0.1) is 12.1 Å². The maximum absolute atomic E-state index is 12.8. The van der Waals surface area contributed by atoms with E-state index in [4.69, 9.17) is 4.74 Å². The van der Waals surface area contributed by atoms with Gasteiger partial charge in [0.2, 0.25) is 0 Å². The molecule has 1 fully saturated rings. The number of hydrogen-bond acceptors (Lipinski definition) is 3. The third-order valence-corrected chi connectivity index (χ3v) is 6.90. The van der Waals surface area contributed by atoms with Crippen molar-refractivity contribution in [2.24, 2.45) is 0 Å². The predicted octanol–water partition coefficient (Wildman–Crippen LogP) is 5.38. The van der Waals surface area contributed by atoms with Gasteiger partial charge < -0.3 is 14.7 Å². The van der Waals surface area contributed by atoms with Crippen LogP contribution in [0.15, 0.2) is 77.3 Å². The summed E-state index contributed by atoms with van der Waals surface area (Å²) < 4.78 is 6.76. The van der Waals surface area contributed by atoms with Crippen molar-refractivity contribution in [2.75, 3.05) is 19.7 Å². The molecular weight excluding hydrogens is 454 g/mol. The zero-order valence-electron chi connectivity index (χ0n) is 17.1. The van der Waals surface area contributed by atoms with Crippen molar-refractivity contribution in [3.05, 3.63) is 94.0 Å². The lowest BCUT2D eigenvalue weighted by molar-refractivity contribution is 0.0445. The molecule has 1 unspecified atom stereocenters. The summed E-state index contributed by atoms with van der Waals surface area (Å²) in [5.41, 5.74) is 4.96. The van der Waals surface area contributed by atoms with Crippen LogP contribution in [-0.4, -0.2) is 41.4 Å². The first-order chi connectivity index (χ1) is 15.0. The van der Waals surface area contributed by atoms with Crippen LogP contribution < -0.4 is 0 Å². The molecule has 5 rings (SSSR count). The lowest BCUT2D eigenvalue weighted by atomic mass is 9.94. The van der Waals surface area contributed by atoms with E-state index in [0.717, 1.165) is 10.0 Å². The first kappa shape index (κ1) is 20.3. The fourth-order valence-electron chi connectivity index (χ4n) is 4.82. The zero-order chi connectivity index (χ0) is 21.4. The molecule has 5 heteroatoms. The molecule has 0 spiro atoms. The molecule has 1 saturated heterocycles. The van der Waals surface area contributed by atoms with Crippen LogP contribution in [0, 0.1) is 0 Å². The third-order valence-electron chi connectivity index (χ3n) is 6.37. The number of carbonyl (C=O) groups excluding carboxylic acids is 1. The molecule has 3 aromatic carbocycles. The lowest BCUT2D eigenvalue weighted by Crippen LogP contribution is -2.38. The smallest absolute Gasteiger partial charge is 0.409 e. The maximum atomic E-state index is 12.8. The van der Waals surface area contributed by atoms with Gasteiger partial charge in [-0.3, -0.25) is 0 Å². The number of ether oxygens (including phenoxy) is 1. The number of carbonyl (C=O) groups is 1. The number of likely N-dealkylation sites (tertiary alicyclic amines) is 1. The van der Waals surface area contributed by atoms with E-state index in [9.17, 15) is 9.90 Å². The Hall–Kier alpha value is -2.63. The van der Waals surface area contributed by atoms with Crippen LogP contribution in [0.2, 0.25) is 0 Å². The molecule has 4 nitrogen and oxygen atoms in total. The Morgan fingerprint density at radius 3 is 2.26 bits per heavy atom. The van der Waals surface area contributed by atoms with Crippen molar-refractivity contribution in [1.29, 1.82) is 0 Å². The molecule has 1 atom stereocenters. The van der Waals surface area contributed by atoms with Crippen LogP contribution in [-0.2, 0) is 11.2 Å². The Balaban J connectivity index is 1.24. The van der Waals surface area contributed by atoms with Crippen molar-refractivity contribution in [1.82, 2.24) is 4.90 Å². The SMILES string of the molecule is O=C(OCC1c2ccccc2-c2ccccc21)N1CCC(O)(Cc2ccc(Br)cc2)C1. The number of aliphatic hydroxyl groups is 1. The van der Waals surface area contributed by atoms with Gasteiger partial charge in [-0.25, -0.2) is 4.79 Å². The van der Waals surface area contributed by atoms with Crippen molar-refractivity contribution >= 4 is 22.0 Å². The summed E-state index contributed by atoms with van der Waals surface area (Å²) in [6.45, 7) is 1.10. The van der Waals surface area contributed by atoms with E-state index >= 15 is 0 Å². The van der Waals surface area contributed by atoms with Crippen LogP contribution in [0.3, 0.4) is 0 Å². The van der Waals surface area contributed by atoms with E-state index in [1.807, 2.05) is 48.5 Å². The molecule has 1 amide bonds.